The summed E-state index contributed by atoms with van der Waals surface area (Å²) in [6.45, 7) is 13.8. The van der Waals surface area contributed by atoms with Crippen molar-refractivity contribution in [2.45, 2.75) is 96.1 Å². The van der Waals surface area contributed by atoms with Crippen LogP contribution in [0.4, 0.5) is 0 Å². The van der Waals surface area contributed by atoms with E-state index in [1.54, 1.807) is 0 Å². The van der Waals surface area contributed by atoms with Crippen molar-refractivity contribution in [3.05, 3.63) is 65.2 Å². The zero-order valence-electron chi connectivity index (χ0n) is 25.2. The average molecular weight is 546 g/mol. The van der Waals surface area contributed by atoms with Gasteiger partial charge in [-0.1, -0.05) is 61.2 Å². The molecule has 3 fully saturated rings. The van der Waals surface area contributed by atoms with Crippen molar-refractivity contribution in [2.75, 3.05) is 45.8 Å². The molecular formula is C35H51N3O2. The van der Waals surface area contributed by atoms with Crippen LogP contribution in [0.1, 0.15) is 81.9 Å². The normalized spacial score (nSPS) is 23.4. The number of nitrogens with zero attached hydrogens (tertiary/aromatic N) is 3. The van der Waals surface area contributed by atoms with Gasteiger partial charge in [0.1, 0.15) is 5.75 Å². The number of aryl methyl sites for hydroxylation is 1. The summed E-state index contributed by atoms with van der Waals surface area (Å²) in [5.74, 6) is 1.08. The number of ether oxygens (including phenoxy) is 1. The molecule has 2 saturated heterocycles. The third kappa shape index (κ3) is 7.47. The van der Waals surface area contributed by atoms with E-state index in [-0.39, 0.29) is 17.4 Å². The lowest BCUT2D eigenvalue weighted by Crippen LogP contribution is -2.53. The average Bonchev–Trinajstić information content (AvgIpc) is 2.97. The van der Waals surface area contributed by atoms with E-state index in [4.69, 9.17) is 4.74 Å². The van der Waals surface area contributed by atoms with Crippen LogP contribution in [0.3, 0.4) is 0 Å². The highest BCUT2D eigenvalue weighted by molar-refractivity contribution is 5.79. The second-order valence-electron chi connectivity index (χ2n) is 13.0. The summed E-state index contributed by atoms with van der Waals surface area (Å²) < 4.78 is 5.88. The Morgan fingerprint density at radius 2 is 1.70 bits per heavy atom. The van der Waals surface area contributed by atoms with Gasteiger partial charge in [-0.3, -0.25) is 9.69 Å². The van der Waals surface area contributed by atoms with Gasteiger partial charge in [0.15, 0.2) is 0 Å². The highest BCUT2D eigenvalue weighted by Gasteiger charge is 2.39. The maximum Gasteiger partial charge on any atom is 0.227 e. The highest BCUT2D eigenvalue weighted by Crippen LogP contribution is 2.38. The molecule has 0 bridgehead atoms. The minimum absolute atomic E-state index is 0.0186. The molecule has 3 aliphatic rings. The maximum absolute atomic E-state index is 13.6. The van der Waals surface area contributed by atoms with Gasteiger partial charge in [-0.2, -0.15) is 0 Å². The number of carbonyl (C=O) groups is 1. The molecule has 40 heavy (non-hydrogen) atoms. The van der Waals surface area contributed by atoms with Crippen molar-refractivity contribution in [3.8, 4) is 5.75 Å². The SMILES string of the molecule is Cc1ccc([C@@]2(CCN3CCN(C4CCCCC4)CC3)CCCN(C(=O)Cc3cccc(OC(C)C)c3)C2)cc1. The lowest BCUT2D eigenvalue weighted by Gasteiger charge is -2.46. The van der Waals surface area contributed by atoms with Gasteiger partial charge in [0, 0.05) is 50.7 Å². The fourth-order valence-corrected chi connectivity index (χ4v) is 7.29. The summed E-state index contributed by atoms with van der Waals surface area (Å²) in [4.78, 5) is 21.3. The summed E-state index contributed by atoms with van der Waals surface area (Å²) in [5, 5.41) is 0. The molecule has 5 nitrogen and oxygen atoms in total. The third-order valence-corrected chi connectivity index (χ3v) is 9.62. The molecule has 1 atom stereocenters. The molecule has 0 spiro atoms. The van der Waals surface area contributed by atoms with Crippen molar-refractivity contribution in [1.29, 1.82) is 0 Å². The van der Waals surface area contributed by atoms with Crippen LogP contribution in [0.5, 0.6) is 5.75 Å². The lowest BCUT2D eigenvalue weighted by molar-refractivity contribution is -0.132. The standard InChI is InChI=1S/C35H51N3O2/c1-28(2)40-33-12-7-9-30(25-33)26-34(39)38-19-8-17-35(27-38,31-15-13-29(3)14-16-31)18-20-36-21-23-37(24-22-36)32-10-5-4-6-11-32/h7,9,12-16,25,28,32H,4-6,8,10-11,17-24,26-27H2,1-3H3/t35-/m1/s1. The van der Waals surface area contributed by atoms with Gasteiger partial charge in [-0.05, 0) is 82.7 Å². The van der Waals surface area contributed by atoms with Gasteiger partial charge < -0.3 is 14.5 Å². The van der Waals surface area contributed by atoms with E-state index in [1.165, 1.54) is 69.4 Å². The molecule has 0 N–H and O–H groups in total. The second-order valence-corrected chi connectivity index (χ2v) is 13.0. The Balaban J connectivity index is 1.24. The first-order valence-electron chi connectivity index (χ1n) is 16.0. The Morgan fingerprint density at radius 3 is 2.42 bits per heavy atom. The van der Waals surface area contributed by atoms with Crippen LogP contribution in [0.25, 0.3) is 0 Å². The van der Waals surface area contributed by atoms with E-state index in [0.717, 1.165) is 56.3 Å². The van der Waals surface area contributed by atoms with Gasteiger partial charge in [-0.15, -0.1) is 0 Å². The van der Waals surface area contributed by atoms with Crippen LogP contribution in [-0.4, -0.2) is 78.6 Å². The number of benzene rings is 2. The van der Waals surface area contributed by atoms with E-state index in [9.17, 15) is 4.79 Å². The molecule has 1 amide bonds. The molecular weight excluding hydrogens is 494 g/mol. The Bertz CT molecular complexity index is 1090. The number of carbonyl (C=O) groups excluding carboxylic acids is 1. The Morgan fingerprint density at radius 1 is 0.950 bits per heavy atom. The first kappa shape index (κ1) is 29.1. The first-order chi connectivity index (χ1) is 19.4. The fraction of sp³-hybridized carbons (Fsp3) is 0.629. The predicted octanol–water partition coefficient (Wildman–Crippen LogP) is 6.23. The van der Waals surface area contributed by atoms with Crippen LogP contribution in [0.2, 0.25) is 0 Å². The Labute approximate surface area is 242 Å². The van der Waals surface area contributed by atoms with Crippen LogP contribution in [0.15, 0.2) is 48.5 Å². The highest BCUT2D eigenvalue weighted by atomic mass is 16.5. The van der Waals surface area contributed by atoms with Gasteiger partial charge in [0.05, 0.1) is 12.5 Å². The summed E-state index contributed by atoms with van der Waals surface area (Å²) in [7, 11) is 0. The molecule has 1 saturated carbocycles. The van der Waals surface area contributed by atoms with Crippen molar-refractivity contribution in [1.82, 2.24) is 14.7 Å². The number of piperidine rings is 1. The molecule has 218 valence electrons. The summed E-state index contributed by atoms with van der Waals surface area (Å²) in [6, 6.07) is 18.0. The number of rotatable bonds is 9. The van der Waals surface area contributed by atoms with Crippen molar-refractivity contribution in [2.24, 2.45) is 0 Å². The van der Waals surface area contributed by atoms with E-state index in [2.05, 4.69) is 52.0 Å². The second kappa shape index (κ2) is 13.5. The summed E-state index contributed by atoms with van der Waals surface area (Å²) in [5.41, 5.74) is 3.75. The van der Waals surface area contributed by atoms with Gasteiger partial charge in [-0.25, -0.2) is 0 Å². The Kier molecular flexibility index (Phi) is 9.85. The summed E-state index contributed by atoms with van der Waals surface area (Å²) >= 11 is 0. The predicted molar refractivity (Wildman–Crippen MR) is 164 cm³/mol. The van der Waals surface area contributed by atoms with Crippen LogP contribution in [-0.2, 0) is 16.6 Å². The van der Waals surface area contributed by atoms with Crippen LogP contribution >= 0.6 is 0 Å². The Hall–Kier alpha value is -2.37. The molecule has 5 rings (SSSR count). The van der Waals surface area contributed by atoms with Crippen LogP contribution < -0.4 is 4.74 Å². The largest absolute Gasteiger partial charge is 0.491 e. The molecule has 0 aromatic heterocycles. The quantitative estimate of drug-likeness (QED) is 0.375. The van der Waals surface area contributed by atoms with E-state index >= 15 is 0 Å². The zero-order chi connectivity index (χ0) is 28.0. The smallest absolute Gasteiger partial charge is 0.227 e. The van der Waals surface area contributed by atoms with E-state index < -0.39 is 0 Å². The summed E-state index contributed by atoms with van der Waals surface area (Å²) in [6.07, 6.45) is 10.9. The number of amides is 1. The van der Waals surface area contributed by atoms with Crippen LogP contribution in [0, 0.1) is 6.92 Å². The van der Waals surface area contributed by atoms with E-state index in [1.807, 2.05) is 32.0 Å². The third-order valence-electron chi connectivity index (χ3n) is 9.62. The molecule has 1 aliphatic carbocycles. The van der Waals surface area contributed by atoms with Crippen molar-refractivity contribution < 1.29 is 9.53 Å². The minimum Gasteiger partial charge on any atom is -0.491 e. The minimum atomic E-state index is 0.0186. The fourth-order valence-electron chi connectivity index (χ4n) is 7.29. The number of hydrogen-bond acceptors (Lipinski definition) is 4. The zero-order valence-corrected chi connectivity index (χ0v) is 25.2. The molecule has 2 aromatic carbocycles. The van der Waals surface area contributed by atoms with Crippen molar-refractivity contribution in [3.63, 3.8) is 0 Å². The molecule has 0 radical (unpaired) electrons. The van der Waals surface area contributed by atoms with E-state index in [0.29, 0.717) is 6.42 Å². The monoisotopic (exact) mass is 545 g/mol. The van der Waals surface area contributed by atoms with Gasteiger partial charge in [0.25, 0.3) is 0 Å². The molecule has 5 heteroatoms. The number of likely N-dealkylation sites (tertiary alicyclic amines) is 1. The number of piperazine rings is 1. The molecule has 2 heterocycles. The topological polar surface area (TPSA) is 36.0 Å². The molecule has 0 unspecified atom stereocenters. The maximum atomic E-state index is 13.6. The molecule has 2 aliphatic heterocycles. The first-order valence-corrected chi connectivity index (χ1v) is 16.0. The molecule has 2 aromatic rings. The van der Waals surface area contributed by atoms with Crippen molar-refractivity contribution >= 4 is 5.91 Å². The number of hydrogen-bond donors (Lipinski definition) is 0. The lowest BCUT2D eigenvalue weighted by atomic mass is 9.71. The van der Waals surface area contributed by atoms with Gasteiger partial charge in [0.2, 0.25) is 5.91 Å². The van der Waals surface area contributed by atoms with Gasteiger partial charge >= 0.3 is 0 Å².